The van der Waals surface area contributed by atoms with Crippen molar-refractivity contribution in [1.29, 1.82) is 0 Å². The van der Waals surface area contributed by atoms with Crippen molar-refractivity contribution < 1.29 is 9.47 Å². The molecule has 0 bridgehead atoms. The Morgan fingerprint density at radius 1 is 1.29 bits per heavy atom. The van der Waals surface area contributed by atoms with Gasteiger partial charge in [-0.25, -0.2) is 0 Å². The first kappa shape index (κ1) is 12.4. The Morgan fingerprint density at radius 3 is 2.59 bits per heavy atom. The standard InChI is InChI=1S/C14H21NO2/c1-10(2)13-8-9-17-14(15-13)11-4-6-12(16-3)7-5-11/h4-7,10,13-15H,8-9H2,1-3H3/t13-,14+/m1/s1. The Morgan fingerprint density at radius 2 is 2.00 bits per heavy atom. The molecular formula is C14H21NO2. The molecule has 0 aromatic heterocycles. The smallest absolute Gasteiger partial charge is 0.134 e. The Bertz CT molecular complexity index is 348. The van der Waals surface area contributed by atoms with Crippen LogP contribution in [0.3, 0.4) is 0 Å². The molecule has 3 nitrogen and oxygen atoms in total. The number of rotatable bonds is 3. The molecule has 17 heavy (non-hydrogen) atoms. The van der Waals surface area contributed by atoms with Crippen molar-refractivity contribution >= 4 is 0 Å². The van der Waals surface area contributed by atoms with Gasteiger partial charge in [0.1, 0.15) is 12.0 Å². The largest absolute Gasteiger partial charge is 0.497 e. The molecule has 2 atom stereocenters. The van der Waals surface area contributed by atoms with E-state index in [1.165, 1.54) is 0 Å². The summed E-state index contributed by atoms with van der Waals surface area (Å²) >= 11 is 0. The molecule has 3 heteroatoms. The highest BCUT2D eigenvalue weighted by Gasteiger charge is 2.24. The minimum atomic E-state index is 0.0158. The fourth-order valence-electron chi connectivity index (χ4n) is 2.14. The molecule has 0 aliphatic carbocycles. The van der Waals surface area contributed by atoms with Crippen LogP contribution in [0.25, 0.3) is 0 Å². The van der Waals surface area contributed by atoms with E-state index in [2.05, 4.69) is 31.3 Å². The highest BCUT2D eigenvalue weighted by atomic mass is 16.5. The molecule has 2 rings (SSSR count). The molecule has 1 aliphatic heterocycles. The van der Waals surface area contributed by atoms with E-state index in [1.807, 2.05) is 12.1 Å². The average Bonchev–Trinajstić information content (AvgIpc) is 2.39. The van der Waals surface area contributed by atoms with Crippen molar-refractivity contribution in [2.24, 2.45) is 5.92 Å². The van der Waals surface area contributed by atoms with E-state index in [-0.39, 0.29) is 6.23 Å². The third-order valence-electron chi connectivity index (χ3n) is 3.30. The van der Waals surface area contributed by atoms with Crippen LogP contribution in [0.5, 0.6) is 5.75 Å². The zero-order valence-electron chi connectivity index (χ0n) is 10.8. The molecule has 1 heterocycles. The van der Waals surface area contributed by atoms with Gasteiger partial charge in [-0.05, 0) is 30.0 Å². The maximum Gasteiger partial charge on any atom is 0.134 e. The van der Waals surface area contributed by atoms with Gasteiger partial charge in [-0.2, -0.15) is 0 Å². The average molecular weight is 235 g/mol. The summed E-state index contributed by atoms with van der Waals surface area (Å²) < 4.78 is 10.9. The van der Waals surface area contributed by atoms with Crippen LogP contribution in [-0.2, 0) is 4.74 Å². The number of benzene rings is 1. The number of ether oxygens (including phenoxy) is 2. The van der Waals surface area contributed by atoms with E-state index in [9.17, 15) is 0 Å². The first-order valence-corrected chi connectivity index (χ1v) is 6.22. The summed E-state index contributed by atoms with van der Waals surface area (Å²) in [5, 5.41) is 3.54. The van der Waals surface area contributed by atoms with E-state index < -0.39 is 0 Å². The lowest BCUT2D eigenvalue weighted by Crippen LogP contribution is -2.43. The summed E-state index contributed by atoms with van der Waals surface area (Å²) in [5.74, 6) is 1.52. The molecule has 1 aromatic rings. The van der Waals surface area contributed by atoms with Crippen LogP contribution < -0.4 is 10.1 Å². The number of hydrogen-bond acceptors (Lipinski definition) is 3. The first-order chi connectivity index (χ1) is 8.20. The minimum absolute atomic E-state index is 0.0158. The van der Waals surface area contributed by atoms with E-state index in [0.29, 0.717) is 12.0 Å². The molecule has 1 fully saturated rings. The maximum absolute atomic E-state index is 5.77. The van der Waals surface area contributed by atoms with Crippen molar-refractivity contribution in [3.63, 3.8) is 0 Å². The topological polar surface area (TPSA) is 30.5 Å². The van der Waals surface area contributed by atoms with Gasteiger partial charge in [-0.15, -0.1) is 0 Å². The monoisotopic (exact) mass is 235 g/mol. The molecular weight excluding hydrogens is 214 g/mol. The molecule has 0 saturated carbocycles. The maximum atomic E-state index is 5.77. The van der Waals surface area contributed by atoms with Crippen LogP contribution in [0.15, 0.2) is 24.3 Å². The number of nitrogens with one attached hydrogen (secondary N) is 1. The second kappa shape index (κ2) is 5.52. The molecule has 1 saturated heterocycles. The fourth-order valence-corrected chi connectivity index (χ4v) is 2.14. The normalized spacial score (nSPS) is 24.9. The molecule has 1 aromatic carbocycles. The van der Waals surface area contributed by atoms with Crippen molar-refractivity contribution in [1.82, 2.24) is 5.32 Å². The first-order valence-electron chi connectivity index (χ1n) is 6.22. The van der Waals surface area contributed by atoms with Gasteiger partial charge in [0.05, 0.1) is 13.7 Å². The van der Waals surface area contributed by atoms with Gasteiger partial charge in [0.2, 0.25) is 0 Å². The predicted molar refractivity (Wildman–Crippen MR) is 68.1 cm³/mol. The lowest BCUT2D eigenvalue weighted by atomic mass is 9.99. The lowest BCUT2D eigenvalue weighted by Gasteiger charge is -2.33. The van der Waals surface area contributed by atoms with Crippen molar-refractivity contribution in [2.45, 2.75) is 32.5 Å². The molecule has 1 aliphatic rings. The summed E-state index contributed by atoms with van der Waals surface area (Å²) in [6.07, 6.45) is 1.10. The second-order valence-electron chi connectivity index (χ2n) is 4.83. The van der Waals surface area contributed by atoms with Crippen molar-refractivity contribution in [3.8, 4) is 5.75 Å². The summed E-state index contributed by atoms with van der Waals surface area (Å²) in [6, 6.07) is 8.59. The summed E-state index contributed by atoms with van der Waals surface area (Å²) in [4.78, 5) is 0. The minimum Gasteiger partial charge on any atom is -0.497 e. The van der Waals surface area contributed by atoms with Crippen molar-refractivity contribution in [3.05, 3.63) is 29.8 Å². The van der Waals surface area contributed by atoms with Gasteiger partial charge < -0.3 is 9.47 Å². The molecule has 0 unspecified atom stereocenters. The van der Waals surface area contributed by atoms with E-state index in [4.69, 9.17) is 9.47 Å². The molecule has 94 valence electrons. The van der Waals surface area contributed by atoms with E-state index in [1.54, 1.807) is 7.11 Å². The molecule has 0 radical (unpaired) electrons. The lowest BCUT2D eigenvalue weighted by molar-refractivity contribution is -0.0279. The summed E-state index contributed by atoms with van der Waals surface area (Å²) in [7, 11) is 1.68. The van der Waals surface area contributed by atoms with Crippen molar-refractivity contribution in [2.75, 3.05) is 13.7 Å². The second-order valence-corrected chi connectivity index (χ2v) is 4.83. The summed E-state index contributed by atoms with van der Waals surface area (Å²) in [5.41, 5.74) is 1.16. The molecule has 0 amide bonds. The highest BCUT2D eigenvalue weighted by molar-refractivity contribution is 5.28. The fraction of sp³-hybridized carbons (Fsp3) is 0.571. The van der Waals surface area contributed by atoms with Crippen LogP contribution in [0.1, 0.15) is 32.1 Å². The number of hydrogen-bond donors (Lipinski definition) is 1. The van der Waals surface area contributed by atoms with E-state index in [0.717, 1.165) is 24.3 Å². The molecule has 0 spiro atoms. The number of methoxy groups -OCH3 is 1. The SMILES string of the molecule is COc1ccc([C@H]2N[C@@H](C(C)C)CCO2)cc1. The predicted octanol–water partition coefficient (Wildman–Crippen LogP) is 2.73. The van der Waals surface area contributed by atoms with E-state index >= 15 is 0 Å². The van der Waals surface area contributed by atoms with Crippen LogP contribution in [0.2, 0.25) is 0 Å². The van der Waals surface area contributed by atoms with Gasteiger partial charge in [0.25, 0.3) is 0 Å². The van der Waals surface area contributed by atoms with Crippen LogP contribution in [0.4, 0.5) is 0 Å². The Labute approximate surface area is 103 Å². The van der Waals surface area contributed by atoms with Crippen LogP contribution >= 0.6 is 0 Å². The van der Waals surface area contributed by atoms with Gasteiger partial charge in [-0.3, -0.25) is 5.32 Å². The molecule has 1 N–H and O–H groups in total. The van der Waals surface area contributed by atoms with Gasteiger partial charge in [0.15, 0.2) is 0 Å². The summed E-state index contributed by atoms with van der Waals surface area (Å²) in [6.45, 7) is 5.31. The third-order valence-corrected chi connectivity index (χ3v) is 3.30. The van der Waals surface area contributed by atoms with Gasteiger partial charge in [0, 0.05) is 6.04 Å². The third kappa shape index (κ3) is 2.99. The zero-order valence-corrected chi connectivity index (χ0v) is 10.8. The van der Waals surface area contributed by atoms with Crippen LogP contribution in [0, 0.1) is 5.92 Å². The van der Waals surface area contributed by atoms with Crippen LogP contribution in [-0.4, -0.2) is 19.8 Å². The Balaban J connectivity index is 2.05. The Hall–Kier alpha value is -1.06. The van der Waals surface area contributed by atoms with Gasteiger partial charge >= 0.3 is 0 Å². The van der Waals surface area contributed by atoms with Gasteiger partial charge in [-0.1, -0.05) is 26.0 Å². The Kier molecular flexibility index (Phi) is 4.02. The zero-order chi connectivity index (χ0) is 12.3. The highest BCUT2D eigenvalue weighted by Crippen LogP contribution is 2.24. The quantitative estimate of drug-likeness (QED) is 0.873.